The highest BCUT2D eigenvalue weighted by Crippen LogP contribution is 2.49. The van der Waals surface area contributed by atoms with Gasteiger partial charge < -0.3 is 19.5 Å². The molecule has 0 unspecified atom stereocenters. The Kier molecular flexibility index (Phi) is 6.01. The van der Waals surface area contributed by atoms with Crippen molar-refractivity contribution in [1.29, 1.82) is 0 Å². The molecule has 2 bridgehead atoms. The molecule has 0 radical (unpaired) electrons. The number of benzene rings is 2. The molecule has 9 heteroatoms. The summed E-state index contributed by atoms with van der Waals surface area (Å²) < 4.78 is 35.0. The number of carbonyl (C=O) groups is 2. The van der Waals surface area contributed by atoms with Gasteiger partial charge >= 0.3 is 0 Å². The molecule has 7 nitrogen and oxygen atoms in total. The first-order chi connectivity index (χ1) is 18.3. The van der Waals surface area contributed by atoms with Gasteiger partial charge in [0.25, 0.3) is 11.8 Å². The zero-order valence-corrected chi connectivity index (χ0v) is 20.8. The molecule has 1 saturated carbocycles. The van der Waals surface area contributed by atoms with Gasteiger partial charge in [0.2, 0.25) is 5.43 Å². The lowest BCUT2D eigenvalue weighted by Gasteiger charge is -2.40. The van der Waals surface area contributed by atoms with Crippen molar-refractivity contribution in [3.63, 3.8) is 0 Å². The molecular formula is C29H27F2N3O4. The molecule has 1 aliphatic carbocycles. The summed E-state index contributed by atoms with van der Waals surface area (Å²) in [6.45, 7) is 2.45. The maximum atomic E-state index is 14.1. The van der Waals surface area contributed by atoms with Gasteiger partial charge in [0, 0.05) is 37.0 Å². The molecule has 0 spiro atoms. The second kappa shape index (κ2) is 9.38. The quantitative estimate of drug-likeness (QED) is 0.536. The molecule has 4 atom stereocenters. The highest BCUT2D eigenvalue weighted by Gasteiger charge is 2.55. The van der Waals surface area contributed by atoms with E-state index in [1.165, 1.54) is 12.3 Å². The van der Waals surface area contributed by atoms with E-state index in [0.29, 0.717) is 18.4 Å². The minimum absolute atomic E-state index is 0.00236. The van der Waals surface area contributed by atoms with E-state index >= 15 is 0 Å². The first-order valence-corrected chi connectivity index (χ1v) is 12.8. The van der Waals surface area contributed by atoms with Crippen LogP contribution < -0.4 is 15.5 Å². The van der Waals surface area contributed by atoms with Crippen molar-refractivity contribution in [2.24, 2.45) is 11.8 Å². The van der Waals surface area contributed by atoms with Crippen LogP contribution in [0.15, 0.2) is 59.5 Å². The smallest absolute Gasteiger partial charge is 0.275 e. The van der Waals surface area contributed by atoms with Gasteiger partial charge in [0.15, 0.2) is 11.4 Å². The molecule has 2 aliphatic heterocycles. The first kappa shape index (κ1) is 24.3. The van der Waals surface area contributed by atoms with Crippen LogP contribution in [0.2, 0.25) is 0 Å². The van der Waals surface area contributed by atoms with Crippen molar-refractivity contribution in [2.75, 3.05) is 0 Å². The molecule has 1 aromatic heterocycles. The van der Waals surface area contributed by atoms with Crippen LogP contribution in [0.1, 0.15) is 51.7 Å². The van der Waals surface area contributed by atoms with Crippen LogP contribution >= 0.6 is 0 Å². The predicted molar refractivity (Wildman–Crippen MR) is 135 cm³/mol. The van der Waals surface area contributed by atoms with Gasteiger partial charge in [-0.3, -0.25) is 14.4 Å². The second-order valence-corrected chi connectivity index (χ2v) is 10.3. The number of aromatic nitrogens is 1. The van der Waals surface area contributed by atoms with Crippen LogP contribution in [-0.4, -0.2) is 33.4 Å². The minimum atomic E-state index is -0.796. The highest BCUT2D eigenvalue weighted by molar-refractivity contribution is 5.99. The molecule has 2 amide bonds. The van der Waals surface area contributed by atoms with Crippen LogP contribution in [0.25, 0.3) is 0 Å². The topological polar surface area (TPSA) is 80.6 Å². The van der Waals surface area contributed by atoms with E-state index in [1.54, 1.807) is 4.57 Å². The highest BCUT2D eigenvalue weighted by atomic mass is 19.1. The SMILES string of the molecule is C[C@@H]1[C@H]2CC[C@@H]1N1C(=O)c3c(OCc4ccccc4)c(=O)c(C(=O)NCc4ccc(F)cc4F)cn3C[C@@H]21. The van der Waals surface area contributed by atoms with Gasteiger partial charge in [-0.25, -0.2) is 8.78 Å². The molecule has 38 heavy (non-hydrogen) atoms. The molecule has 196 valence electrons. The van der Waals surface area contributed by atoms with Crippen molar-refractivity contribution < 1.29 is 23.1 Å². The Morgan fingerprint density at radius 1 is 1.08 bits per heavy atom. The molecule has 6 rings (SSSR count). The largest absolute Gasteiger partial charge is 0.483 e. The zero-order valence-electron chi connectivity index (χ0n) is 20.8. The third-order valence-electron chi connectivity index (χ3n) is 8.27. The monoisotopic (exact) mass is 519 g/mol. The number of ether oxygens (including phenoxy) is 1. The molecule has 2 aromatic carbocycles. The summed E-state index contributed by atoms with van der Waals surface area (Å²) in [4.78, 5) is 42.4. The van der Waals surface area contributed by atoms with Crippen molar-refractivity contribution in [1.82, 2.24) is 14.8 Å². The zero-order chi connectivity index (χ0) is 26.6. The summed E-state index contributed by atoms with van der Waals surface area (Å²) in [6.07, 6.45) is 3.40. The third kappa shape index (κ3) is 3.97. The number of halogens is 2. The van der Waals surface area contributed by atoms with Gasteiger partial charge in [0.05, 0.1) is 6.04 Å². The van der Waals surface area contributed by atoms with E-state index in [9.17, 15) is 23.2 Å². The molecule has 2 fully saturated rings. The number of hydrogen-bond acceptors (Lipinski definition) is 4. The first-order valence-electron chi connectivity index (χ1n) is 12.8. The Labute approximate surface area is 218 Å². The Hall–Kier alpha value is -4.01. The van der Waals surface area contributed by atoms with Crippen molar-refractivity contribution in [2.45, 2.75) is 51.5 Å². The lowest BCUT2D eigenvalue weighted by atomic mass is 9.92. The number of hydrogen-bond donors (Lipinski definition) is 1. The van der Waals surface area contributed by atoms with E-state index in [-0.39, 0.29) is 53.7 Å². The van der Waals surface area contributed by atoms with E-state index < -0.39 is 23.0 Å². The van der Waals surface area contributed by atoms with Crippen molar-refractivity contribution in [3.05, 3.63) is 99.0 Å². The normalized spacial score (nSPS) is 23.2. The summed E-state index contributed by atoms with van der Waals surface area (Å²) in [5, 5.41) is 2.55. The van der Waals surface area contributed by atoms with E-state index in [1.807, 2.05) is 35.2 Å². The number of amides is 2. The molecule has 3 aromatic rings. The fourth-order valence-corrected chi connectivity index (χ4v) is 6.37. The van der Waals surface area contributed by atoms with E-state index in [4.69, 9.17) is 4.74 Å². The maximum Gasteiger partial charge on any atom is 0.275 e. The Morgan fingerprint density at radius 3 is 2.63 bits per heavy atom. The van der Waals surface area contributed by atoms with Gasteiger partial charge in [-0.15, -0.1) is 0 Å². The lowest BCUT2D eigenvalue weighted by Crippen LogP contribution is -2.52. The summed E-state index contributed by atoms with van der Waals surface area (Å²) >= 11 is 0. The van der Waals surface area contributed by atoms with Crippen LogP contribution in [0.3, 0.4) is 0 Å². The van der Waals surface area contributed by atoms with Crippen LogP contribution in [0, 0.1) is 23.5 Å². The number of carbonyl (C=O) groups excluding carboxylic acids is 2. The number of pyridine rings is 1. The summed E-state index contributed by atoms with van der Waals surface area (Å²) in [5.74, 6) is -1.92. The molecule has 3 aliphatic rings. The van der Waals surface area contributed by atoms with Gasteiger partial charge in [-0.2, -0.15) is 0 Å². The molecule has 3 heterocycles. The number of rotatable bonds is 6. The molecule has 1 N–H and O–H groups in total. The third-order valence-corrected chi connectivity index (χ3v) is 8.27. The van der Waals surface area contributed by atoms with Gasteiger partial charge in [-0.1, -0.05) is 43.3 Å². The summed E-state index contributed by atoms with van der Waals surface area (Å²) in [5.41, 5.74) is 0.149. The average molecular weight is 520 g/mol. The molecular weight excluding hydrogens is 492 g/mol. The lowest BCUT2D eigenvalue weighted by molar-refractivity contribution is 0.0476. The second-order valence-electron chi connectivity index (χ2n) is 10.3. The predicted octanol–water partition coefficient (Wildman–Crippen LogP) is 3.89. The number of nitrogens with one attached hydrogen (secondary N) is 1. The minimum Gasteiger partial charge on any atom is -0.483 e. The summed E-state index contributed by atoms with van der Waals surface area (Å²) in [7, 11) is 0. The fourth-order valence-electron chi connectivity index (χ4n) is 6.37. The number of nitrogens with zero attached hydrogens (tertiary/aromatic N) is 2. The average Bonchev–Trinajstić information content (AvgIpc) is 3.40. The molecule has 1 saturated heterocycles. The van der Waals surface area contributed by atoms with Crippen molar-refractivity contribution in [3.8, 4) is 5.75 Å². The van der Waals surface area contributed by atoms with Crippen LogP contribution in [-0.2, 0) is 19.7 Å². The Morgan fingerprint density at radius 2 is 1.87 bits per heavy atom. The van der Waals surface area contributed by atoms with Crippen LogP contribution in [0.5, 0.6) is 5.75 Å². The van der Waals surface area contributed by atoms with Gasteiger partial charge in [0.1, 0.15) is 23.8 Å². The van der Waals surface area contributed by atoms with E-state index in [2.05, 4.69) is 12.2 Å². The van der Waals surface area contributed by atoms with Crippen LogP contribution in [0.4, 0.5) is 8.78 Å². The van der Waals surface area contributed by atoms with E-state index in [0.717, 1.165) is 30.5 Å². The standard InChI is InChI=1S/C29H27F2N3O4/c1-16-20-9-10-23(16)34-24(20)14-33-13-21(28(36)32-12-18-7-8-19(30)11-22(18)31)26(35)27(25(33)29(34)37)38-15-17-5-3-2-4-6-17/h2-8,11,13,16,20,23-24H,9-10,12,14-15H2,1H3,(H,32,36)/t16-,20-,23+,24+/m1/s1. The van der Waals surface area contributed by atoms with Gasteiger partial charge in [-0.05, 0) is 36.3 Å². The Balaban J connectivity index is 1.36. The summed E-state index contributed by atoms with van der Waals surface area (Å²) in [6, 6.07) is 12.4. The number of piperidine rings is 1. The number of fused-ring (bicyclic) bond motifs is 6. The Bertz CT molecular complexity index is 1490. The fraction of sp³-hybridized carbons (Fsp3) is 0.345. The maximum absolute atomic E-state index is 14.1. The van der Waals surface area contributed by atoms with Crippen molar-refractivity contribution >= 4 is 11.8 Å².